The number of hydrogen-bond acceptors (Lipinski definition) is 3. The van der Waals surface area contributed by atoms with E-state index >= 15 is 0 Å². The fourth-order valence-corrected chi connectivity index (χ4v) is 2.81. The van der Waals surface area contributed by atoms with Gasteiger partial charge in [-0.15, -0.1) is 0 Å². The first kappa shape index (κ1) is 15.3. The molecule has 0 aromatic carbocycles. The Kier molecular flexibility index (Phi) is 4.50. The van der Waals surface area contributed by atoms with Crippen molar-refractivity contribution in [2.45, 2.75) is 51.7 Å². The zero-order valence-electron chi connectivity index (χ0n) is 12.4. The van der Waals surface area contributed by atoms with E-state index in [1.165, 1.54) is 0 Å². The van der Waals surface area contributed by atoms with E-state index in [2.05, 4.69) is 15.7 Å². The maximum Gasteiger partial charge on any atom is 0.315 e. The van der Waals surface area contributed by atoms with Crippen molar-refractivity contribution in [2.24, 2.45) is 5.41 Å². The van der Waals surface area contributed by atoms with Crippen molar-refractivity contribution in [3.8, 4) is 0 Å². The lowest BCUT2D eigenvalue weighted by Crippen LogP contribution is -2.52. The fourth-order valence-electron chi connectivity index (χ4n) is 2.81. The number of amides is 2. The topological polar surface area (TPSA) is 96.3 Å². The summed E-state index contributed by atoms with van der Waals surface area (Å²) in [5.74, 6) is -0.852. The largest absolute Gasteiger partial charge is 0.481 e. The number of hydrogen-bond donors (Lipinski definition) is 3. The Morgan fingerprint density at radius 2 is 2.33 bits per heavy atom. The molecule has 1 saturated carbocycles. The summed E-state index contributed by atoms with van der Waals surface area (Å²) in [6.45, 7) is 4.15. The molecule has 21 heavy (non-hydrogen) atoms. The summed E-state index contributed by atoms with van der Waals surface area (Å²) in [4.78, 5) is 23.4. The van der Waals surface area contributed by atoms with Crippen LogP contribution in [-0.2, 0) is 11.3 Å². The molecule has 1 aromatic rings. The fraction of sp³-hybridized carbons (Fsp3) is 0.643. The van der Waals surface area contributed by atoms with Crippen LogP contribution >= 0.6 is 0 Å². The Bertz CT molecular complexity index is 502. The monoisotopic (exact) mass is 294 g/mol. The molecule has 0 aliphatic heterocycles. The first-order chi connectivity index (χ1) is 9.91. The van der Waals surface area contributed by atoms with Gasteiger partial charge in [0, 0.05) is 24.5 Å². The van der Waals surface area contributed by atoms with E-state index in [0.717, 1.165) is 6.42 Å². The summed E-state index contributed by atoms with van der Waals surface area (Å²) in [5.41, 5.74) is -0.872. The van der Waals surface area contributed by atoms with Gasteiger partial charge in [-0.2, -0.15) is 5.10 Å². The third-order valence-corrected chi connectivity index (χ3v) is 4.15. The van der Waals surface area contributed by atoms with Gasteiger partial charge < -0.3 is 15.7 Å². The Morgan fingerprint density at radius 1 is 1.57 bits per heavy atom. The molecule has 2 rings (SSSR count). The zero-order chi connectivity index (χ0) is 15.5. The van der Waals surface area contributed by atoms with E-state index in [1.54, 1.807) is 17.8 Å². The molecule has 1 heterocycles. The number of aliphatic carboxylic acids is 1. The Hall–Kier alpha value is -2.05. The van der Waals surface area contributed by atoms with E-state index in [0.29, 0.717) is 19.4 Å². The lowest BCUT2D eigenvalue weighted by Gasteiger charge is -2.28. The van der Waals surface area contributed by atoms with Gasteiger partial charge in [0.15, 0.2) is 0 Å². The van der Waals surface area contributed by atoms with E-state index in [-0.39, 0.29) is 18.1 Å². The minimum absolute atomic E-state index is 0.0950. The SMILES string of the molecule is CC(Cn1cccn1)NC(=O)NC1CCCC1(C)C(=O)O. The standard InChI is InChI=1S/C14H22N4O3/c1-10(9-18-8-4-7-15-18)16-13(21)17-11-5-3-6-14(11,2)12(19)20/h4,7-8,10-11H,3,5-6,9H2,1-2H3,(H,19,20)(H2,16,17,21). The molecule has 7 heteroatoms. The molecule has 1 aromatic heterocycles. The van der Waals surface area contributed by atoms with Crippen molar-refractivity contribution in [3.05, 3.63) is 18.5 Å². The maximum atomic E-state index is 12.0. The molecule has 0 radical (unpaired) electrons. The average Bonchev–Trinajstić information content (AvgIpc) is 3.01. The molecule has 3 atom stereocenters. The number of carbonyl (C=O) groups is 2. The highest BCUT2D eigenvalue weighted by Crippen LogP contribution is 2.38. The number of nitrogens with one attached hydrogen (secondary N) is 2. The second-order valence-electron chi connectivity index (χ2n) is 5.91. The lowest BCUT2D eigenvalue weighted by atomic mass is 9.85. The van der Waals surface area contributed by atoms with Crippen molar-refractivity contribution in [1.29, 1.82) is 0 Å². The molecule has 0 bridgehead atoms. The second kappa shape index (κ2) is 6.15. The van der Waals surface area contributed by atoms with Crippen molar-refractivity contribution in [3.63, 3.8) is 0 Å². The normalized spacial score (nSPS) is 26.3. The number of carbonyl (C=O) groups excluding carboxylic acids is 1. The smallest absolute Gasteiger partial charge is 0.315 e. The Labute approximate surface area is 123 Å². The number of nitrogens with zero attached hydrogens (tertiary/aromatic N) is 2. The first-order valence-corrected chi connectivity index (χ1v) is 7.19. The third kappa shape index (κ3) is 3.53. The second-order valence-corrected chi connectivity index (χ2v) is 5.91. The molecule has 1 aliphatic carbocycles. The summed E-state index contributed by atoms with van der Waals surface area (Å²) in [6, 6.07) is 1.08. The molecule has 1 fully saturated rings. The summed E-state index contributed by atoms with van der Waals surface area (Å²) >= 11 is 0. The number of rotatable bonds is 5. The quantitative estimate of drug-likeness (QED) is 0.760. The van der Waals surface area contributed by atoms with Crippen LogP contribution in [0.1, 0.15) is 33.1 Å². The van der Waals surface area contributed by atoms with Gasteiger partial charge in [-0.05, 0) is 32.8 Å². The predicted molar refractivity (Wildman–Crippen MR) is 76.7 cm³/mol. The van der Waals surface area contributed by atoms with Crippen LogP contribution in [0.5, 0.6) is 0 Å². The molecular formula is C14H22N4O3. The Balaban J connectivity index is 1.85. The number of aromatic nitrogens is 2. The van der Waals surface area contributed by atoms with Gasteiger partial charge in [0.1, 0.15) is 0 Å². The van der Waals surface area contributed by atoms with Gasteiger partial charge in [0.25, 0.3) is 0 Å². The summed E-state index contributed by atoms with van der Waals surface area (Å²) in [5, 5.41) is 19.0. The van der Waals surface area contributed by atoms with Gasteiger partial charge >= 0.3 is 12.0 Å². The number of carboxylic acid groups (broad SMARTS) is 1. The lowest BCUT2D eigenvalue weighted by molar-refractivity contribution is -0.148. The van der Waals surface area contributed by atoms with Crippen LogP contribution in [0.4, 0.5) is 4.79 Å². The predicted octanol–water partition coefficient (Wildman–Crippen LogP) is 1.21. The Morgan fingerprint density at radius 3 is 2.95 bits per heavy atom. The minimum Gasteiger partial charge on any atom is -0.481 e. The molecular weight excluding hydrogens is 272 g/mol. The van der Waals surface area contributed by atoms with Crippen molar-refractivity contribution in [2.75, 3.05) is 0 Å². The van der Waals surface area contributed by atoms with Crippen molar-refractivity contribution < 1.29 is 14.7 Å². The number of urea groups is 1. The molecule has 1 aliphatic rings. The molecule has 116 valence electrons. The van der Waals surface area contributed by atoms with Crippen molar-refractivity contribution >= 4 is 12.0 Å². The minimum atomic E-state index is -0.872. The van der Waals surface area contributed by atoms with Gasteiger partial charge in [-0.1, -0.05) is 6.42 Å². The van der Waals surface area contributed by atoms with Crippen LogP contribution < -0.4 is 10.6 Å². The van der Waals surface area contributed by atoms with Gasteiger partial charge in [0.2, 0.25) is 0 Å². The average molecular weight is 294 g/mol. The summed E-state index contributed by atoms with van der Waals surface area (Å²) < 4.78 is 1.74. The van der Waals surface area contributed by atoms with Gasteiger partial charge in [0.05, 0.1) is 12.0 Å². The highest BCUT2D eigenvalue weighted by atomic mass is 16.4. The highest BCUT2D eigenvalue weighted by Gasteiger charge is 2.45. The van der Waals surface area contributed by atoms with Crippen molar-refractivity contribution in [1.82, 2.24) is 20.4 Å². The van der Waals surface area contributed by atoms with E-state index < -0.39 is 11.4 Å². The van der Waals surface area contributed by atoms with Crippen LogP contribution in [0, 0.1) is 5.41 Å². The molecule has 2 amide bonds. The zero-order valence-corrected chi connectivity index (χ0v) is 12.4. The maximum absolute atomic E-state index is 12.0. The third-order valence-electron chi connectivity index (χ3n) is 4.15. The van der Waals surface area contributed by atoms with Gasteiger partial charge in [-0.3, -0.25) is 9.48 Å². The van der Waals surface area contributed by atoms with E-state index in [1.807, 2.05) is 19.2 Å². The molecule has 0 saturated heterocycles. The molecule has 3 N–H and O–H groups in total. The van der Waals surface area contributed by atoms with E-state index in [9.17, 15) is 14.7 Å². The van der Waals surface area contributed by atoms with Crippen LogP contribution in [0.15, 0.2) is 18.5 Å². The van der Waals surface area contributed by atoms with Gasteiger partial charge in [-0.25, -0.2) is 4.79 Å². The summed E-state index contributed by atoms with van der Waals surface area (Å²) in [6.07, 6.45) is 5.62. The number of carboxylic acids is 1. The summed E-state index contributed by atoms with van der Waals surface area (Å²) in [7, 11) is 0. The highest BCUT2D eigenvalue weighted by molar-refractivity contribution is 5.79. The van der Waals surface area contributed by atoms with Crippen LogP contribution in [-0.4, -0.2) is 39.0 Å². The van der Waals surface area contributed by atoms with Crippen LogP contribution in [0.2, 0.25) is 0 Å². The first-order valence-electron chi connectivity index (χ1n) is 7.19. The molecule has 3 unspecified atom stereocenters. The van der Waals surface area contributed by atoms with Crippen LogP contribution in [0.25, 0.3) is 0 Å². The van der Waals surface area contributed by atoms with Crippen LogP contribution in [0.3, 0.4) is 0 Å². The van der Waals surface area contributed by atoms with E-state index in [4.69, 9.17) is 0 Å². The molecule has 7 nitrogen and oxygen atoms in total. The molecule has 0 spiro atoms.